The maximum Gasteiger partial charge on any atom is 0.295 e. The molecule has 3 aromatic carbocycles. The predicted octanol–water partition coefficient (Wildman–Crippen LogP) is 4.58. The van der Waals surface area contributed by atoms with Crippen molar-refractivity contribution in [2.45, 2.75) is 33.7 Å². The van der Waals surface area contributed by atoms with E-state index in [4.69, 9.17) is 5.73 Å². The van der Waals surface area contributed by atoms with Crippen LogP contribution in [0.1, 0.15) is 32.9 Å². The minimum atomic E-state index is -0.233. The Morgan fingerprint density at radius 2 is 1.62 bits per heavy atom. The highest BCUT2D eigenvalue weighted by Crippen LogP contribution is 2.22. The van der Waals surface area contributed by atoms with Crippen LogP contribution in [0.25, 0.3) is 16.6 Å². The minimum absolute atomic E-state index is 0.217. The summed E-state index contributed by atoms with van der Waals surface area (Å²) in [5.74, 6) is -0.233. The summed E-state index contributed by atoms with van der Waals surface area (Å²) < 4.78 is 3.28. The summed E-state index contributed by atoms with van der Waals surface area (Å²) in [5.41, 5.74) is 12.4. The lowest BCUT2D eigenvalue weighted by Gasteiger charge is -2.09. The normalized spacial score (nSPS) is 11.1. The Balaban J connectivity index is 1.34. The molecule has 0 aliphatic rings. The van der Waals surface area contributed by atoms with Crippen LogP contribution in [0.15, 0.2) is 77.6 Å². The number of carbonyl (C=O) groups is 1. The molecule has 2 aromatic heterocycles. The number of aromatic nitrogens is 4. The quantitative estimate of drug-likeness (QED) is 0.337. The molecule has 8 heteroatoms. The van der Waals surface area contributed by atoms with Gasteiger partial charge in [-0.15, -0.1) is 0 Å². The molecule has 8 nitrogen and oxygen atoms in total. The van der Waals surface area contributed by atoms with Crippen molar-refractivity contribution in [1.82, 2.24) is 19.6 Å². The van der Waals surface area contributed by atoms with Crippen molar-refractivity contribution in [2.75, 3.05) is 11.1 Å². The van der Waals surface area contributed by atoms with Crippen LogP contribution < -0.4 is 16.6 Å². The van der Waals surface area contributed by atoms with Gasteiger partial charge in [-0.3, -0.25) is 9.59 Å². The second-order valence-corrected chi connectivity index (χ2v) is 9.16. The van der Waals surface area contributed by atoms with E-state index in [1.807, 2.05) is 69.3 Å². The van der Waals surface area contributed by atoms with Crippen molar-refractivity contribution in [3.8, 4) is 5.69 Å². The monoisotopic (exact) mass is 492 g/mol. The van der Waals surface area contributed by atoms with Gasteiger partial charge in [-0.2, -0.15) is 10.2 Å². The van der Waals surface area contributed by atoms with Crippen LogP contribution in [0, 0.1) is 20.8 Å². The Kier molecular flexibility index (Phi) is 6.31. The van der Waals surface area contributed by atoms with Gasteiger partial charge >= 0.3 is 0 Å². The number of nitrogen functional groups attached to an aromatic ring is 1. The van der Waals surface area contributed by atoms with E-state index in [1.165, 1.54) is 4.68 Å². The second kappa shape index (κ2) is 9.73. The SMILES string of the molecule is Cc1ccc(-n2nc3c(=O)n(CCc4ccc(C(=O)Nc5ccccc5N)cc4)nc(C)c3c2C)cc1. The maximum atomic E-state index is 13.3. The third kappa shape index (κ3) is 4.73. The van der Waals surface area contributed by atoms with Crippen LogP contribution in [0.2, 0.25) is 0 Å². The highest BCUT2D eigenvalue weighted by atomic mass is 16.1. The van der Waals surface area contributed by atoms with E-state index >= 15 is 0 Å². The lowest BCUT2D eigenvalue weighted by atomic mass is 10.1. The Morgan fingerprint density at radius 3 is 2.32 bits per heavy atom. The maximum absolute atomic E-state index is 13.3. The zero-order valence-electron chi connectivity index (χ0n) is 21.0. The molecule has 5 aromatic rings. The number of amides is 1. The first-order chi connectivity index (χ1) is 17.8. The first-order valence-electron chi connectivity index (χ1n) is 12.1. The highest BCUT2D eigenvalue weighted by molar-refractivity contribution is 6.05. The van der Waals surface area contributed by atoms with E-state index in [0.717, 1.165) is 33.6 Å². The fourth-order valence-electron chi connectivity index (χ4n) is 4.44. The van der Waals surface area contributed by atoms with Gasteiger partial charge in [0.15, 0.2) is 5.52 Å². The summed E-state index contributed by atoms with van der Waals surface area (Å²) in [6.45, 7) is 6.29. The van der Waals surface area contributed by atoms with Crippen LogP contribution >= 0.6 is 0 Å². The molecule has 0 saturated heterocycles. The Bertz CT molecular complexity index is 1660. The number of carbonyl (C=O) groups excluding carboxylic acids is 1. The van der Waals surface area contributed by atoms with Gasteiger partial charge in [-0.05, 0) is 69.2 Å². The van der Waals surface area contributed by atoms with Crippen LogP contribution in [0.4, 0.5) is 11.4 Å². The van der Waals surface area contributed by atoms with Gasteiger partial charge in [0, 0.05) is 12.1 Å². The van der Waals surface area contributed by atoms with Crippen molar-refractivity contribution in [3.05, 3.63) is 111 Å². The number of para-hydroxylation sites is 2. The number of hydrogen-bond acceptors (Lipinski definition) is 5. The fraction of sp³-hybridized carbons (Fsp3) is 0.172. The standard InChI is InChI=1S/C29H28N6O2/c1-18-8-14-23(15-9-18)35-20(3)26-19(2)32-34(29(37)27(26)33-35)17-16-21-10-12-22(13-11-21)28(36)31-25-7-5-4-6-24(25)30/h4-15H,16-17,30H2,1-3H3,(H,31,36). The first kappa shape index (κ1) is 24.0. The zero-order valence-corrected chi connectivity index (χ0v) is 21.0. The molecule has 0 spiro atoms. The molecule has 0 fully saturated rings. The molecule has 37 heavy (non-hydrogen) atoms. The van der Waals surface area contributed by atoms with Gasteiger partial charge in [0.05, 0.1) is 33.8 Å². The van der Waals surface area contributed by atoms with E-state index < -0.39 is 0 Å². The van der Waals surface area contributed by atoms with Gasteiger partial charge in [0.1, 0.15) is 0 Å². The summed E-state index contributed by atoms with van der Waals surface area (Å²) in [4.78, 5) is 25.8. The molecule has 2 heterocycles. The third-order valence-electron chi connectivity index (χ3n) is 6.50. The summed E-state index contributed by atoms with van der Waals surface area (Å²) in [5, 5.41) is 12.8. The number of aryl methyl sites for hydroxylation is 5. The highest BCUT2D eigenvalue weighted by Gasteiger charge is 2.17. The third-order valence-corrected chi connectivity index (χ3v) is 6.50. The second-order valence-electron chi connectivity index (χ2n) is 9.16. The molecule has 1 amide bonds. The van der Waals surface area contributed by atoms with Crippen LogP contribution in [0.5, 0.6) is 0 Å². The van der Waals surface area contributed by atoms with Gasteiger partial charge in [0.25, 0.3) is 11.5 Å². The van der Waals surface area contributed by atoms with Gasteiger partial charge < -0.3 is 11.1 Å². The van der Waals surface area contributed by atoms with Crippen molar-refractivity contribution < 1.29 is 4.79 Å². The van der Waals surface area contributed by atoms with Crippen LogP contribution in [-0.4, -0.2) is 25.5 Å². The molecule has 0 aliphatic heterocycles. The predicted molar refractivity (Wildman–Crippen MR) is 146 cm³/mol. The van der Waals surface area contributed by atoms with E-state index in [1.54, 1.807) is 28.9 Å². The number of anilines is 2. The number of nitrogens with zero attached hydrogens (tertiary/aromatic N) is 4. The van der Waals surface area contributed by atoms with Crippen molar-refractivity contribution in [3.63, 3.8) is 0 Å². The number of nitrogens with two attached hydrogens (primary N) is 1. The Morgan fingerprint density at radius 1 is 0.919 bits per heavy atom. The topological polar surface area (TPSA) is 108 Å². The Labute approximate surface area is 214 Å². The number of benzene rings is 3. The number of fused-ring (bicyclic) bond motifs is 1. The molecule has 186 valence electrons. The van der Waals surface area contributed by atoms with Gasteiger partial charge in [0.2, 0.25) is 0 Å². The molecule has 3 N–H and O–H groups in total. The molecular formula is C29H28N6O2. The Hall–Kier alpha value is -4.72. The summed E-state index contributed by atoms with van der Waals surface area (Å²) in [7, 11) is 0. The molecule has 0 bridgehead atoms. The lowest BCUT2D eigenvalue weighted by molar-refractivity contribution is 0.102. The fourth-order valence-corrected chi connectivity index (χ4v) is 4.44. The molecule has 0 unspecified atom stereocenters. The molecule has 0 atom stereocenters. The van der Waals surface area contributed by atoms with E-state index in [2.05, 4.69) is 15.5 Å². The van der Waals surface area contributed by atoms with Crippen molar-refractivity contribution in [1.29, 1.82) is 0 Å². The van der Waals surface area contributed by atoms with E-state index in [-0.39, 0.29) is 11.5 Å². The minimum Gasteiger partial charge on any atom is -0.397 e. The summed E-state index contributed by atoms with van der Waals surface area (Å²) in [6, 6.07) is 22.5. The van der Waals surface area contributed by atoms with Crippen LogP contribution in [-0.2, 0) is 13.0 Å². The number of nitrogens with one attached hydrogen (secondary N) is 1. The van der Waals surface area contributed by atoms with Gasteiger partial charge in [-0.1, -0.05) is 42.0 Å². The molecule has 5 rings (SSSR count). The van der Waals surface area contributed by atoms with Crippen molar-refractivity contribution in [2.24, 2.45) is 0 Å². The first-order valence-corrected chi connectivity index (χ1v) is 12.1. The summed E-state index contributed by atoms with van der Waals surface area (Å²) in [6.07, 6.45) is 0.586. The molecule has 0 saturated carbocycles. The average molecular weight is 493 g/mol. The zero-order chi connectivity index (χ0) is 26.1. The van der Waals surface area contributed by atoms with E-state index in [9.17, 15) is 9.59 Å². The van der Waals surface area contributed by atoms with Gasteiger partial charge in [-0.25, -0.2) is 9.36 Å². The van der Waals surface area contributed by atoms with Crippen LogP contribution in [0.3, 0.4) is 0 Å². The summed E-state index contributed by atoms with van der Waals surface area (Å²) >= 11 is 0. The number of hydrogen-bond donors (Lipinski definition) is 2. The van der Waals surface area contributed by atoms with E-state index in [0.29, 0.717) is 35.4 Å². The number of rotatable bonds is 6. The van der Waals surface area contributed by atoms with Crippen molar-refractivity contribution >= 4 is 28.2 Å². The molecule has 0 radical (unpaired) electrons. The molecule has 0 aliphatic carbocycles. The average Bonchev–Trinajstić information content (AvgIpc) is 3.25. The largest absolute Gasteiger partial charge is 0.397 e. The molecular weight excluding hydrogens is 464 g/mol. The smallest absolute Gasteiger partial charge is 0.295 e. The lowest BCUT2D eigenvalue weighted by Crippen LogP contribution is -2.25.